The lowest BCUT2D eigenvalue weighted by Crippen LogP contribution is -2.00. The number of hydrogen-bond donors (Lipinski definition) is 0. The fourth-order valence-corrected chi connectivity index (χ4v) is 2.17. The lowest BCUT2D eigenvalue weighted by atomic mass is 10.1. The summed E-state index contributed by atoms with van der Waals surface area (Å²) in [5.74, 6) is 0.603. The van der Waals surface area contributed by atoms with E-state index in [2.05, 4.69) is 15.9 Å². The highest BCUT2D eigenvalue weighted by Crippen LogP contribution is 2.22. The Morgan fingerprint density at radius 1 is 1.11 bits per heavy atom. The summed E-state index contributed by atoms with van der Waals surface area (Å²) in [5, 5.41) is 0.741. The van der Waals surface area contributed by atoms with Gasteiger partial charge in [-0.05, 0) is 36.2 Å². The summed E-state index contributed by atoms with van der Waals surface area (Å²) in [7, 11) is 0. The summed E-state index contributed by atoms with van der Waals surface area (Å²) in [6.07, 6.45) is 0. The standard InChI is InChI=1S/C15H14BrFO/c1-11-6-7-14(17)8-13(11)10-18-15-5-3-2-4-12(15)9-16/h2-8H,9-10H2,1H3. The quantitative estimate of drug-likeness (QED) is 0.750. The Balaban J connectivity index is 2.14. The molecule has 0 bridgehead atoms. The van der Waals surface area contributed by atoms with E-state index in [0.29, 0.717) is 6.61 Å². The SMILES string of the molecule is Cc1ccc(F)cc1COc1ccccc1CBr. The van der Waals surface area contributed by atoms with Gasteiger partial charge in [-0.15, -0.1) is 0 Å². The normalized spacial score (nSPS) is 10.4. The van der Waals surface area contributed by atoms with Crippen LogP contribution in [0.4, 0.5) is 4.39 Å². The van der Waals surface area contributed by atoms with Crippen molar-refractivity contribution < 1.29 is 9.13 Å². The van der Waals surface area contributed by atoms with E-state index < -0.39 is 0 Å². The lowest BCUT2D eigenvalue weighted by molar-refractivity contribution is 0.302. The highest BCUT2D eigenvalue weighted by Gasteiger charge is 2.04. The van der Waals surface area contributed by atoms with Crippen LogP contribution in [0.1, 0.15) is 16.7 Å². The first kappa shape index (κ1) is 13.1. The second kappa shape index (κ2) is 6.01. The number of rotatable bonds is 4. The van der Waals surface area contributed by atoms with Gasteiger partial charge in [0, 0.05) is 10.9 Å². The molecule has 2 aromatic carbocycles. The van der Waals surface area contributed by atoms with Crippen LogP contribution in [-0.4, -0.2) is 0 Å². The fraction of sp³-hybridized carbons (Fsp3) is 0.200. The van der Waals surface area contributed by atoms with Gasteiger partial charge in [0.2, 0.25) is 0 Å². The van der Waals surface area contributed by atoms with Crippen molar-refractivity contribution in [2.45, 2.75) is 18.9 Å². The minimum atomic E-state index is -0.229. The van der Waals surface area contributed by atoms with Crippen molar-refractivity contribution >= 4 is 15.9 Å². The maximum Gasteiger partial charge on any atom is 0.123 e. The zero-order chi connectivity index (χ0) is 13.0. The van der Waals surface area contributed by atoms with Gasteiger partial charge < -0.3 is 4.74 Å². The van der Waals surface area contributed by atoms with Crippen LogP contribution in [0.5, 0.6) is 5.75 Å². The van der Waals surface area contributed by atoms with E-state index in [1.165, 1.54) is 12.1 Å². The average Bonchev–Trinajstić information content (AvgIpc) is 2.40. The summed E-state index contributed by atoms with van der Waals surface area (Å²) in [6, 6.07) is 12.6. The van der Waals surface area contributed by atoms with Crippen LogP contribution in [0, 0.1) is 12.7 Å². The van der Waals surface area contributed by atoms with Crippen LogP contribution in [0.2, 0.25) is 0 Å². The molecule has 0 amide bonds. The Labute approximate surface area is 115 Å². The molecule has 0 atom stereocenters. The summed E-state index contributed by atoms with van der Waals surface area (Å²) >= 11 is 3.42. The van der Waals surface area contributed by atoms with E-state index in [1.807, 2.05) is 31.2 Å². The maximum atomic E-state index is 13.2. The molecule has 2 aromatic rings. The van der Waals surface area contributed by atoms with Crippen LogP contribution < -0.4 is 4.74 Å². The Morgan fingerprint density at radius 2 is 1.89 bits per heavy atom. The summed E-state index contributed by atoms with van der Waals surface area (Å²) < 4.78 is 18.9. The van der Waals surface area contributed by atoms with Crippen molar-refractivity contribution in [2.24, 2.45) is 0 Å². The Morgan fingerprint density at radius 3 is 2.67 bits per heavy atom. The molecule has 0 heterocycles. The van der Waals surface area contributed by atoms with Crippen molar-refractivity contribution in [2.75, 3.05) is 0 Å². The third kappa shape index (κ3) is 3.10. The lowest BCUT2D eigenvalue weighted by Gasteiger charge is -2.11. The highest BCUT2D eigenvalue weighted by atomic mass is 79.9. The second-order valence-electron chi connectivity index (χ2n) is 4.10. The second-order valence-corrected chi connectivity index (χ2v) is 4.66. The van der Waals surface area contributed by atoms with Crippen molar-refractivity contribution in [3.05, 3.63) is 65.0 Å². The van der Waals surface area contributed by atoms with Crippen molar-refractivity contribution in [1.82, 2.24) is 0 Å². The fourth-order valence-electron chi connectivity index (χ4n) is 1.71. The first-order valence-corrected chi connectivity index (χ1v) is 6.84. The molecule has 18 heavy (non-hydrogen) atoms. The number of para-hydroxylation sites is 1. The van der Waals surface area contributed by atoms with Gasteiger partial charge in [-0.25, -0.2) is 4.39 Å². The van der Waals surface area contributed by atoms with Gasteiger partial charge in [-0.3, -0.25) is 0 Å². The number of ether oxygens (including phenoxy) is 1. The van der Waals surface area contributed by atoms with E-state index in [4.69, 9.17) is 4.74 Å². The minimum Gasteiger partial charge on any atom is -0.489 e. The van der Waals surface area contributed by atoms with Crippen LogP contribution in [0.15, 0.2) is 42.5 Å². The molecule has 0 saturated carbocycles. The van der Waals surface area contributed by atoms with Crippen LogP contribution >= 0.6 is 15.9 Å². The molecule has 94 valence electrons. The summed E-state index contributed by atoms with van der Waals surface area (Å²) in [4.78, 5) is 0. The number of hydrogen-bond acceptors (Lipinski definition) is 1. The molecule has 0 aromatic heterocycles. The molecule has 0 aliphatic rings. The molecule has 0 radical (unpaired) electrons. The summed E-state index contributed by atoms with van der Waals surface area (Å²) in [5.41, 5.74) is 3.00. The monoisotopic (exact) mass is 308 g/mol. The molecule has 0 saturated heterocycles. The smallest absolute Gasteiger partial charge is 0.123 e. The van der Waals surface area contributed by atoms with Gasteiger partial charge >= 0.3 is 0 Å². The van der Waals surface area contributed by atoms with Gasteiger partial charge in [0.15, 0.2) is 0 Å². The molecular weight excluding hydrogens is 295 g/mol. The molecule has 0 fully saturated rings. The molecule has 0 aliphatic carbocycles. The number of benzene rings is 2. The predicted molar refractivity (Wildman–Crippen MR) is 74.5 cm³/mol. The molecule has 0 N–H and O–H groups in total. The van der Waals surface area contributed by atoms with Gasteiger partial charge in [0.25, 0.3) is 0 Å². The van der Waals surface area contributed by atoms with Crippen LogP contribution in [0.25, 0.3) is 0 Å². The first-order chi connectivity index (χ1) is 8.70. The topological polar surface area (TPSA) is 9.23 Å². The summed E-state index contributed by atoms with van der Waals surface area (Å²) in [6.45, 7) is 2.34. The third-order valence-corrected chi connectivity index (χ3v) is 3.42. The number of alkyl halides is 1. The van der Waals surface area contributed by atoms with Gasteiger partial charge in [0.05, 0.1) is 0 Å². The van der Waals surface area contributed by atoms with Gasteiger partial charge in [-0.1, -0.05) is 40.2 Å². The maximum absolute atomic E-state index is 13.2. The Bertz CT molecular complexity index is 540. The largest absolute Gasteiger partial charge is 0.489 e. The molecule has 0 aliphatic heterocycles. The van der Waals surface area contributed by atoms with E-state index in [9.17, 15) is 4.39 Å². The van der Waals surface area contributed by atoms with Crippen LogP contribution in [0.3, 0.4) is 0 Å². The van der Waals surface area contributed by atoms with E-state index in [-0.39, 0.29) is 5.82 Å². The molecule has 3 heteroatoms. The van der Waals surface area contributed by atoms with Crippen LogP contribution in [-0.2, 0) is 11.9 Å². The molecule has 2 rings (SSSR count). The van der Waals surface area contributed by atoms with E-state index >= 15 is 0 Å². The number of aryl methyl sites for hydroxylation is 1. The zero-order valence-corrected chi connectivity index (χ0v) is 11.7. The Kier molecular flexibility index (Phi) is 4.37. The number of halogens is 2. The molecule has 0 unspecified atom stereocenters. The average molecular weight is 309 g/mol. The van der Waals surface area contributed by atoms with Gasteiger partial charge in [-0.2, -0.15) is 0 Å². The van der Waals surface area contributed by atoms with Crippen molar-refractivity contribution in [3.8, 4) is 5.75 Å². The Hall–Kier alpha value is -1.35. The van der Waals surface area contributed by atoms with Crippen molar-refractivity contribution in [1.29, 1.82) is 0 Å². The highest BCUT2D eigenvalue weighted by molar-refractivity contribution is 9.08. The third-order valence-electron chi connectivity index (χ3n) is 2.81. The van der Waals surface area contributed by atoms with Crippen molar-refractivity contribution in [3.63, 3.8) is 0 Å². The van der Waals surface area contributed by atoms with E-state index in [0.717, 1.165) is 27.8 Å². The molecule has 0 spiro atoms. The van der Waals surface area contributed by atoms with E-state index in [1.54, 1.807) is 6.07 Å². The zero-order valence-electron chi connectivity index (χ0n) is 10.1. The predicted octanol–water partition coefficient (Wildman–Crippen LogP) is 4.61. The molecular formula is C15H14BrFO. The van der Waals surface area contributed by atoms with Gasteiger partial charge in [0.1, 0.15) is 18.2 Å². The first-order valence-electron chi connectivity index (χ1n) is 5.72. The minimum absolute atomic E-state index is 0.229. The molecule has 1 nitrogen and oxygen atoms in total.